The molecular weight excluding hydrogens is 228 g/mol. The van der Waals surface area contributed by atoms with Gasteiger partial charge < -0.3 is 25.6 Å². The number of ether oxygens (including phenoxy) is 1. The standard InChI is InChI=1S/C10H18N2O5/c1-17-3-2-7(10(15)16)12-9(14)8-4-6(13)5-11-8/h6-8,11,13H,2-5H2,1H3,(H,12,14)(H,15,16). The van der Waals surface area contributed by atoms with Gasteiger partial charge in [-0.3, -0.25) is 4.79 Å². The summed E-state index contributed by atoms with van der Waals surface area (Å²) in [5.41, 5.74) is 0. The highest BCUT2D eigenvalue weighted by atomic mass is 16.5. The summed E-state index contributed by atoms with van der Waals surface area (Å²) in [5, 5.41) is 23.4. The Kier molecular flexibility index (Phi) is 5.33. The number of carbonyl (C=O) groups excluding carboxylic acids is 1. The van der Waals surface area contributed by atoms with Crippen molar-refractivity contribution in [1.29, 1.82) is 0 Å². The maximum atomic E-state index is 11.7. The predicted molar refractivity (Wildman–Crippen MR) is 58.5 cm³/mol. The second-order valence-corrected chi connectivity index (χ2v) is 4.03. The number of methoxy groups -OCH3 is 1. The van der Waals surface area contributed by atoms with Gasteiger partial charge in [0.2, 0.25) is 5.91 Å². The lowest BCUT2D eigenvalue weighted by Crippen LogP contribution is -2.48. The SMILES string of the molecule is COCCC(NC(=O)C1CC(O)CN1)C(=O)O. The van der Waals surface area contributed by atoms with E-state index in [4.69, 9.17) is 9.84 Å². The van der Waals surface area contributed by atoms with Crippen LogP contribution >= 0.6 is 0 Å². The highest BCUT2D eigenvalue weighted by Gasteiger charge is 2.30. The lowest BCUT2D eigenvalue weighted by molar-refractivity contribution is -0.142. The number of rotatable bonds is 6. The molecule has 4 N–H and O–H groups in total. The molecule has 1 saturated heterocycles. The summed E-state index contributed by atoms with van der Waals surface area (Å²) in [5.74, 6) is -1.49. The minimum atomic E-state index is -1.09. The Bertz CT molecular complexity index is 284. The Morgan fingerprint density at radius 2 is 2.29 bits per heavy atom. The molecule has 0 bridgehead atoms. The molecule has 1 amide bonds. The third-order valence-electron chi connectivity index (χ3n) is 2.65. The van der Waals surface area contributed by atoms with Crippen LogP contribution in [0, 0.1) is 0 Å². The maximum absolute atomic E-state index is 11.7. The number of amides is 1. The van der Waals surface area contributed by atoms with Crippen molar-refractivity contribution in [3.05, 3.63) is 0 Å². The second kappa shape index (κ2) is 6.53. The molecule has 0 saturated carbocycles. The summed E-state index contributed by atoms with van der Waals surface area (Å²) in [7, 11) is 1.47. The molecule has 0 aliphatic carbocycles. The van der Waals surface area contributed by atoms with E-state index >= 15 is 0 Å². The number of carboxylic acid groups (broad SMARTS) is 1. The molecular formula is C10H18N2O5. The van der Waals surface area contributed by atoms with E-state index in [0.29, 0.717) is 13.0 Å². The van der Waals surface area contributed by atoms with Gasteiger partial charge in [0, 0.05) is 26.7 Å². The third-order valence-corrected chi connectivity index (χ3v) is 2.65. The number of aliphatic hydroxyl groups is 1. The van der Waals surface area contributed by atoms with Crippen molar-refractivity contribution in [2.45, 2.75) is 31.0 Å². The molecule has 0 aromatic heterocycles. The second-order valence-electron chi connectivity index (χ2n) is 4.03. The lowest BCUT2D eigenvalue weighted by Gasteiger charge is -2.17. The zero-order chi connectivity index (χ0) is 12.8. The molecule has 1 aliphatic rings. The van der Waals surface area contributed by atoms with E-state index in [2.05, 4.69) is 10.6 Å². The average molecular weight is 246 g/mol. The predicted octanol–water partition coefficient (Wildman–Crippen LogP) is -1.68. The molecule has 7 nitrogen and oxygen atoms in total. The van der Waals surface area contributed by atoms with Crippen LogP contribution in [0.2, 0.25) is 0 Å². The van der Waals surface area contributed by atoms with Crippen molar-refractivity contribution >= 4 is 11.9 Å². The average Bonchev–Trinajstić information content (AvgIpc) is 2.70. The fourth-order valence-corrected chi connectivity index (χ4v) is 1.68. The first kappa shape index (κ1) is 13.9. The number of nitrogens with one attached hydrogen (secondary N) is 2. The first-order valence-electron chi connectivity index (χ1n) is 5.48. The highest BCUT2D eigenvalue weighted by molar-refractivity contribution is 5.87. The lowest BCUT2D eigenvalue weighted by atomic mass is 10.1. The Balaban J connectivity index is 2.43. The number of carbonyl (C=O) groups is 2. The molecule has 98 valence electrons. The number of aliphatic carboxylic acids is 1. The van der Waals surface area contributed by atoms with E-state index in [1.165, 1.54) is 7.11 Å². The molecule has 0 aromatic rings. The number of carboxylic acids is 1. The quantitative estimate of drug-likeness (QED) is 0.445. The molecule has 17 heavy (non-hydrogen) atoms. The normalized spacial score (nSPS) is 25.5. The van der Waals surface area contributed by atoms with Gasteiger partial charge in [0.1, 0.15) is 6.04 Å². The van der Waals surface area contributed by atoms with Crippen molar-refractivity contribution in [1.82, 2.24) is 10.6 Å². The van der Waals surface area contributed by atoms with Gasteiger partial charge in [-0.05, 0) is 6.42 Å². The van der Waals surface area contributed by atoms with E-state index < -0.39 is 30.1 Å². The van der Waals surface area contributed by atoms with E-state index in [0.717, 1.165) is 0 Å². The van der Waals surface area contributed by atoms with Gasteiger partial charge in [-0.2, -0.15) is 0 Å². The Labute approximate surface area is 99.1 Å². The van der Waals surface area contributed by atoms with Crippen LogP contribution in [0.25, 0.3) is 0 Å². The zero-order valence-corrected chi connectivity index (χ0v) is 9.68. The van der Waals surface area contributed by atoms with Gasteiger partial charge in [0.15, 0.2) is 0 Å². The summed E-state index contributed by atoms with van der Waals surface area (Å²) in [6.07, 6.45) is -0.0250. The smallest absolute Gasteiger partial charge is 0.326 e. The molecule has 1 aliphatic heterocycles. The molecule has 7 heteroatoms. The van der Waals surface area contributed by atoms with Gasteiger partial charge in [-0.1, -0.05) is 0 Å². The van der Waals surface area contributed by atoms with Crippen LogP contribution in [0.15, 0.2) is 0 Å². The van der Waals surface area contributed by atoms with Gasteiger partial charge in [-0.15, -0.1) is 0 Å². The molecule has 3 atom stereocenters. The first-order valence-corrected chi connectivity index (χ1v) is 5.48. The maximum Gasteiger partial charge on any atom is 0.326 e. The molecule has 1 fully saturated rings. The fourth-order valence-electron chi connectivity index (χ4n) is 1.68. The Hall–Kier alpha value is -1.18. The number of hydrogen-bond acceptors (Lipinski definition) is 5. The topological polar surface area (TPSA) is 108 Å². The van der Waals surface area contributed by atoms with Crippen molar-refractivity contribution in [2.24, 2.45) is 0 Å². The largest absolute Gasteiger partial charge is 0.480 e. The van der Waals surface area contributed by atoms with Crippen molar-refractivity contribution < 1.29 is 24.5 Å². The summed E-state index contributed by atoms with van der Waals surface area (Å²) in [6.45, 7) is 0.617. The third kappa shape index (κ3) is 4.29. The van der Waals surface area contributed by atoms with Crippen molar-refractivity contribution in [3.63, 3.8) is 0 Å². The fraction of sp³-hybridized carbons (Fsp3) is 0.800. The summed E-state index contributed by atoms with van der Waals surface area (Å²) < 4.78 is 4.78. The first-order chi connectivity index (χ1) is 8.04. The molecule has 1 heterocycles. The minimum Gasteiger partial charge on any atom is -0.480 e. The molecule has 0 spiro atoms. The monoisotopic (exact) mass is 246 g/mol. The number of aliphatic hydroxyl groups excluding tert-OH is 1. The van der Waals surface area contributed by atoms with Crippen molar-refractivity contribution in [3.8, 4) is 0 Å². The number of β-amino-alcohol motifs (C(OH)–C–C–N with tert-alkyl or cyclic N) is 1. The van der Waals surface area contributed by atoms with Crippen LogP contribution in [0.4, 0.5) is 0 Å². The summed E-state index contributed by atoms with van der Waals surface area (Å²) >= 11 is 0. The van der Waals surface area contributed by atoms with Crippen LogP contribution in [0.5, 0.6) is 0 Å². The minimum absolute atomic E-state index is 0.215. The van der Waals surface area contributed by atoms with E-state index in [-0.39, 0.29) is 13.0 Å². The molecule has 0 aromatic carbocycles. The van der Waals surface area contributed by atoms with Gasteiger partial charge >= 0.3 is 5.97 Å². The zero-order valence-electron chi connectivity index (χ0n) is 9.68. The van der Waals surface area contributed by atoms with Crippen molar-refractivity contribution in [2.75, 3.05) is 20.3 Å². The van der Waals surface area contributed by atoms with Crippen LogP contribution in [-0.2, 0) is 14.3 Å². The number of hydrogen-bond donors (Lipinski definition) is 4. The van der Waals surface area contributed by atoms with Crippen LogP contribution in [-0.4, -0.2) is 60.5 Å². The van der Waals surface area contributed by atoms with Crippen LogP contribution in [0.1, 0.15) is 12.8 Å². The van der Waals surface area contributed by atoms with Gasteiger partial charge in [-0.25, -0.2) is 4.79 Å². The van der Waals surface area contributed by atoms with Gasteiger partial charge in [0.25, 0.3) is 0 Å². The Morgan fingerprint density at radius 1 is 1.59 bits per heavy atom. The Morgan fingerprint density at radius 3 is 2.76 bits per heavy atom. The molecule has 0 radical (unpaired) electrons. The summed E-state index contributed by atoms with van der Waals surface area (Å²) in [6, 6.07) is -1.48. The molecule has 3 unspecified atom stereocenters. The van der Waals surface area contributed by atoms with Crippen LogP contribution in [0.3, 0.4) is 0 Å². The van der Waals surface area contributed by atoms with E-state index in [1.54, 1.807) is 0 Å². The van der Waals surface area contributed by atoms with Gasteiger partial charge in [0.05, 0.1) is 12.1 Å². The van der Waals surface area contributed by atoms with E-state index in [1.807, 2.05) is 0 Å². The van der Waals surface area contributed by atoms with E-state index in [9.17, 15) is 14.7 Å². The van der Waals surface area contributed by atoms with Crippen LogP contribution < -0.4 is 10.6 Å². The summed E-state index contributed by atoms with van der Waals surface area (Å²) in [4.78, 5) is 22.6. The molecule has 1 rings (SSSR count). The highest BCUT2D eigenvalue weighted by Crippen LogP contribution is 2.07.